The maximum atomic E-state index is 14.1. The van der Waals surface area contributed by atoms with Crippen molar-refractivity contribution in [2.24, 2.45) is 0 Å². The number of aromatic nitrogens is 2. The zero-order valence-electron chi connectivity index (χ0n) is 35.4. The summed E-state index contributed by atoms with van der Waals surface area (Å²) < 4.78 is 7.02. The predicted octanol–water partition coefficient (Wildman–Crippen LogP) is 6.42. The molecular weight excluding hydrogens is 797 g/mol. The summed E-state index contributed by atoms with van der Waals surface area (Å²) in [6.45, 7) is 2.71. The number of fused-ring (bicyclic) bond motifs is 3. The highest BCUT2D eigenvalue weighted by Crippen LogP contribution is 2.33. The van der Waals surface area contributed by atoms with Crippen molar-refractivity contribution in [1.29, 1.82) is 0 Å². The van der Waals surface area contributed by atoms with E-state index in [4.69, 9.17) is 4.74 Å². The van der Waals surface area contributed by atoms with Crippen LogP contribution in [0.15, 0.2) is 122 Å². The van der Waals surface area contributed by atoms with Crippen molar-refractivity contribution in [2.45, 2.75) is 76.2 Å². The molecule has 4 amide bonds. The number of carbonyl (C=O) groups is 6. The minimum atomic E-state index is -1.01. The Labute approximate surface area is 365 Å². The summed E-state index contributed by atoms with van der Waals surface area (Å²) >= 11 is 0. The Bertz CT molecular complexity index is 2670. The molecule has 0 aliphatic carbocycles. The van der Waals surface area contributed by atoms with E-state index in [1.807, 2.05) is 72.8 Å². The second-order valence-electron chi connectivity index (χ2n) is 16.3. The fourth-order valence-corrected chi connectivity index (χ4v) is 9.19. The maximum absolute atomic E-state index is 14.1. The standard InChI is InChI=1S/C50H50N6O7/c1-32(57)52-46(36-11-5-3-6-12-36)48(60)54-25-9-15-40(54)44(58)29-34-17-19-38-39-20-18-35(28-43(39)56(42(38)27-34)31-33-21-23-51-24-22-33)30-45(59)41-16-10-26-55(41)49(61)47(53-50(62)63-2)37-13-7-4-8-14-37/h3-8,11-14,17-24,27-28,40-41,46-47H,9-10,15-16,25-26,29-31H2,1-2H3,(H,52,57)(H,53,62)/t40-,41-,46+,47+/m0/s1. The van der Waals surface area contributed by atoms with Crippen LogP contribution in [0.4, 0.5) is 4.79 Å². The van der Waals surface area contributed by atoms with Crippen molar-refractivity contribution >= 4 is 57.2 Å². The molecule has 0 spiro atoms. The van der Waals surface area contributed by atoms with Crippen molar-refractivity contribution in [3.63, 3.8) is 0 Å². The molecule has 13 heteroatoms. The summed E-state index contributed by atoms with van der Waals surface area (Å²) in [4.78, 5) is 88.2. The van der Waals surface area contributed by atoms with Crippen LogP contribution in [-0.2, 0) is 48.1 Å². The van der Waals surface area contributed by atoms with Crippen LogP contribution in [0.5, 0.6) is 0 Å². The first-order valence-electron chi connectivity index (χ1n) is 21.4. The monoisotopic (exact) mass is 846 g/mol. The summed E-state index contributed by atoms with van der Waals surface area (Å²) in [5, 5.41) is 7.43. The van der Waals surface area contributed by atoms with Gasteiger partial charge in [0.15, 0.2) is 11.6 Å². The lowest BCUT2D eigenvalue weighted by molar-refractivity contribution is -0.140. The van der Waals surface area contributed by atoms with Crippen LogP contribution < -0.4 is 10.6 Å². The number of hydrogen-bond donors (Lipinski definition) is 2. The van der Waals surface area contributed by atoms with E-state index in [0.717, 1.165) is 38.5 Å². The minimum absolute atomic E-state index is 0.0666. The molecule has 0 bridgehead atoms. The largest absolute Gasteiger partial charge is 0.453 e. The SMILES string of the molecule is COC(=O)N[C@@H](C(=O)N1CCC[C@H]1C(=O)Cc1ccc2c3ccc(CC(=O)[C@@H]4CCCN4C(=O)[C@H](NC(C)=O)c4ccccc4)cc3n(Cc3ccncc3)c2c1)c1ccccc1. The smallest absolute Gasteiger partial charge is 0.407 e. The van der Waals surface area contributed by atoms with E-state index in [0.29, 0.717) is 56.4 Å². The molecule has 6 aromatic rings. The van der Waals surface area contributed by atoms with Gasteiger partial charge in [0.25, 0.3) is 5.91 Å². The third-order valence-electron chi connectivity index (χ3n) is 12.2. The molecule has 0 unspecified atom stereocenters. The number of nitrogens with one attached hydrogen (secondary N) is 2. The molecule has 4 heterocycles. The molecular formula is C50H50N6O7. The molecule has 0 radical (unpaired) electrons. The zero-order valence-corrected chi connectivity index (χ0v) is 35.4. The van der Waals surface area contributed by atoms with Crippen molar-refractivity contribution in [2.75, 3.05) is 20.2 Å². The first-order valence-corrected chi connectivity index (χ1v) is 21.4. The number of ketones is 2. The average molecular weight is 847 g/mol. The maximum Gasteiger partial charge on any atom is 0.407 e. The van der Waals surface area contributed by atoms with Crippen LogP contribution in [0.25, 0.3) is 21.8 Å². The Morgan fingerprint density at radius 1 is 0.635 bits per heavy atom. The van der Waals surface area contributed by atoms with Crippen LogP contribution in [0.3, 0.4) is 0 Å². The topological polar surface area (TPSA) is 160 Å². The summed E-state index contributed by atoms with van der Waals surface area (Å²) in [7, 11) is 1.24. The second-order valence-corrected chi connectivity index (χ2v) is 16.3. The molecule has 2 aliphatic heterocycles. The van der Waals surface area contributed by atoms with Gasteiger partial charge in [0.05, 0.1) is 19.2 Å². The number of ether oxygens (including phenoxy) is 1. The Balaban J connectivity index is 1.05. The Kier molecular flexibility index (Phi) is 12.7. The molecule has 4 atom stereocenters. The van der Waals surface area contributed by atoms with Crippen LogP contribution in [0.1, 0.15) is 72.5 Å². The number of alkyl carbamates (subject to hydrolysis) is 1. The van der Waals surface area contributed by atoms with E-state index in [9.17, 15) is 28.8 Å². The summed E-state index contributed by atoms with van der Waals surface area (Å²) in [6, 6.07) is 30.8. The quantitative estimate of drug-likeness (QED) is 0.127. The van der Waals surface area contributed by atoms with Gasteiger partial charge in [0.1, 0.15) is 12.1 Å². The first-order chi connectivity index (χ1) is 30.6. The Morgan fingerprint density at radius 3 is 1.57 bits per heavy atom. The molecule has 4 aromatic carbocycles. The van der Waals surface area contributed by atoms with E-state index in [-0.39, 0.29) is 42.1 Å². The first kappa shape index (κ1) is 42.5. The van der Waals surface area contributed by atoms with Crippen LogP contribution >= 0.6 is 0 Å². The third-order valence-corrected chi connectivity index (χ3v) is 12.2. The van der Waals surface area contributed by atoms with E-state index in [1.165, 1.54) is 14.0 Å². The highest BCUT2D eigenvalue weighted by molar-refractivity contribution is 6.09. The number of rotatable bonds is 14. The third kappa shape index (κ3) is 9.23. The van der Waals surface area contributed by atoms with Gasteiger partial charge in [0, 0.05) is 73.6 Å². The van der Waals surface area contributed by atoms with Crippen molar-refractivity contribution in [3.05, 3.63) is 149 Å². The number of nitrogens with zero attached hydrogens (tertiary/aromatic N) is 4. The lowest BCUT2D eigenvalue weighted by atomic mass is 9.98. The molecule has 2 aliphatic rings. The van der Waals surface area contributed by atoms with Gasteiger partial charge in [-0.15, -0.1) is 0 Å². The van der Waals surface area contributed by atoms with Crippen LogP contribution in [0, 0.1) is 0 Å². The number of benzene rings is 4. The predicted molar refractivity (Wildman–Crippen MR) is 237 cm³/mol. The number of methoxy groups -OCH3 is 1. The lowest BCUT2D eigenvalue weighted by Crippen LogP contribution is -2.47. The van der Waals surface area contributed by atoms with Gasteiger partial charge in [-0.1, -0.05) is 84.9 Å². The van der Waals surface area contributed by atoms with Crippen molar-refractivity contribution in [3.8, 4) is 0 Å². The van der Waals surface area contributed by atoms with E-state index >= 15 is 0 Å². The van der Waals surface area contributed by atoms with Gasteiger partial charge in [0.2, 0.25) is 11.8 Å². The minimum Gasteiger partial charge on any atom is -0.453 e. The Hall–Kier alpha value is -7.15. The highest BCUT2D eigenvalue weighted by atomic mass is 16.5. The van der Waals surface area contributed by atoms with Gasteiger partial charge in [-0.25, -0.2) is 4.79 Å². The second kappa shape index (κ2) is 18.9. The van der Waals surface area contributed by atoms with Crippen LogP contribution in [-0.4, -0.2) is 87.0 Å². The zero-order chi connectivity index (χ0) is 44.0. The average Bonchev–Trinajstić information content (AvgIpc) is 4.07. The number of pyridine rings is 1. The lowest BCUT2D eigenvalue weighted by Gasteiger charge is -2.28. The van der Waals surface area contributed by atoms with Gasteiger partial charge in [-0.2, -0.15) is 0 Å². The molecule has 2 saturated heterocycles. The fraction of sp³-hybridized carbons (Fsp3) is 0.300. The van der Waals surface area contributed by atoms with Gasteiger partial charge >= 0.3 is 6.09 Å². The number of hydrogen-bond acceptors (Lipinski definition) is 8. The molecule has 2 N–H and O–H groups in total. The molecule has 8 rings (SSSR count). The molecule has 0 saturated carbocycles. The van der Waals surface area contributed by atoms with Crippen LogP contribution in [0.2, 0.25) is 0 Å². The molecule has 2 aromatic heterocycles. The van der Waals surface area contributed by atoms with E-state index in [2.05, 4.69) is 20.2 Å². The van der Waals surface area contributed by atoms with Gasteiger partial charge in [-0.05, 0) is 77.8 Å². The van der Waals surface area contributed by atoms with E-state index in [1.54, 1.807) is 58.6 Å². The fourth-order valence-electron chi connectivity index (χ4n) is 9.19. The highest BCUT2D eigenvalue weighted by Gasteiger charge is 2.39. The molecule has 63 heavy (non-hydrogen) atoms. The number of carbonyl (C=O) groups excluding carboxylic acids is 6. The molecule has 322 valence electrons. The Morgan fingerprint density at radius 2 is 1.11 bits per heavy atom. The van der Waals surface area contributed by atoms with Crippen molar-refractivity contribution in [1.82, 2.24) is 30.0 Å². The summed E-state index contributed by atoms with van der Waals surface area (Å²) in [5.41, 5.74) is 5.72. The summed E-state index contributed by atoms with van der Waals surface area (Å²) in [5.74, 6) is -1.14. The molecule has 13 nitrogen and oxygen atoms in total. The normalized spacial score (nSPS) is 17.0. The number of Topliss-reactive ketones (excluding diaryl/α,β-unsaturated/α-hetero) is 2. The van der Waals surface area contributed by atoms with Gasteiger partial charge in [-0.3, -0.25) is 29.0 Å². The number of likely N-dealkylation sites (tertiary alicyclic amines) is 2. The summed E-state index contributed by atoms with van der Waals surface area (Å²) in [6.07, 6.45) is 5.39. The van der Waals surface area contributed by atoms with E-state index < -0.39 is 30.3 Å². The molecule has 2 fully saturated rings. The van der Waals surface area contributed by atoms with Crippen molar-refractivity contribution < 1.29 is 33.5 Å². The number of amides is 4. The van der Waals surface area contributed by atoms with Gasteiger partial charge < -0.3 is 29.7 Å².